The standard InChI is InChI=1S/C14H22NO2/c1-15(2,3)11-12-17-14(16)10-9-13-7-5-4-6-8-13/h4-7,9-10,13H,8,11-12H2,1-3H3/q+1/b10-9+. The van der Waals surface area contributed by atoms with Crippen LogP contribution in [0.25, 0.3) is 0 Å². The first-order chi connectivity index (χ1) is 7.97. The Bertz CT molecular complexity index is 335. The van der Waals surface area contributed by atoms with Gasteiger partial charge in [-0.3, -0.25) is 0 Å². The van der Waals surface area contributed by atoms with Gasteiger partial charge in [-0.15, -0.1) is 0 Å². The average molecular weight is 236 g/mol. The van der Waals surface area contributed by atoms with Gasteiger partial charge in [0.05, 0.1) is 21.1 Å². The van der Waals surface area contributed by atoms with Crippen LogP contribution in [0, 0.1) is 5.92 Å². The van der Waals surface area contributed by atoms with Crippen LogP contribution in [0.2, 0.25) is 0 Å². The van der Waals surface area contributed by atoms with E-state index < -0.39 is 0 Å². The zero-order valence-corrected chi connectivity index (χ0v) is 10.9. The van der Waals surface area contributed by atoms with Crippen LogP contribution >= 0.6 is 0 Å². The van der Waals surface area contributed by atoms with Crippen LogP contribution in [-0.2, 0) is 9.53 Å². The number of carbonyl (C=O) groups is 1. The summed E-state index contributed by atoms with van der Waals surface area (Å²) < 4.78 is 5.92. The summed E-state index contributed by atoms with van der Waals surface area (Å²) in [6, 6.07) is 0. The van der Waals surface area contributed by atoms with E-state index in [9.17, 15) is 4.79 Å². The summed E-state index contributed by atoms with van der Waals surface area (Å²) in [5, 5.41) is 0. The minimum absolute atomic E-state index is 0.249. The summed E-state index contributed by atoms with van der Waals surface area (Å²) in [6.07, 6.45) is 12.6. The van der Waals surface area contributed by atoms with E-state index in [2.05, 4.69) is 33.3 Å². The second-order valence-corrected chi connectivity index (χ2v) is 5.25. The topological polar surface area (TPSA) is 26.3 Å². The van der Waals surface area contributed by atoms with E-state index in [1.807, 2.05) is 18.2 Å². The van der Waals surface area contributed by atoms with E-state index in [1.54, 1.807) is 0 Å². The molecule has 94 valence electrons. The summed E-state index contributed by atoms with van der Waals surface area (Å²) >= 11 is 0. The minimum atomic E-state index is -0.249. The van der Waals surface area contributed by atoms with Gasteiger partial charge in [-0.05, 0) is 12.3 Å². The van der Waals surface area contributed by atoms with Crippen LogP contribution in [0.1, 0.15) is 6.42 Å². The van der Waals surface area contributed by atoms with Crippen molar-refractivity contribution in [2.45, 2.75) is 6.42 Å². The first-order valence-corrected chi connectivity index (χ1v) is 5.96. The molecule has 1 atom stereocenters. The lowest BCUT2D eigenvalue weighted by atomic mass is 10.0. The molecule has 0 aromatic heterocycles. The first-order valence-electron chi connectivity index (χ1n) is 5.96. The lowest BCUT2D eigenvalue weighted by molar-refractivity contribution is -0.870. The van der Waals surface area contributed by atoms with Gasteiger partial charge >= 0.3 is 5.97 Å². The van der Waals surface area contributed by atoms with Crippen molar-refractivity contribution in [2.24, 2.45) is 5.92 Å². The Balaban J connectivity index is 2.23. The zero-order chi connectivity index (χ0) is 12.7. The normalized spacial score (nSPS) is 19.8. The molecule has 0 saturated carbocycles. The maximum atomic E-state index is 11.4. The van der Waals surface area contributed by atoms with Crippen molar-refractivity contribution in [1.82, 2.24) is 0 Å². The second kappa shape index (κ2) is 6.40. The Morgan fingerprint density at radius 3 is 2.76 bits per heavy atom. The monoisotopic (exact) mass is 236 g/mol. The number of esters is 1. The van der Waals surface area contributed by atoms with Gasteiger partial charge in [0.1, 0.15) is 13.2 Å². The van der Waals surface area contributed by atoms with Crippen molar-refractivity contribution in [3.8, 4) is 0 Å². The van der Waals surface area contributed by atoms with Crippen molar-refractivity contribution in [3.05, 3.63) is 36.5 Å². The predicted molar refractivity (Wildman–Crippen MR) is 69.4 cm³/mol. The molecule has 1 unspecified atom stereocenters. The smallest absolute Gasteiger partial charge is 0.330 e. The molecule has 0 heterocycles. The third-order valence-corrected chi connectivity index (χ3v) is 2.50. The minimum Gasteiger partial charge on any atom is -0.457 e. The van der Waals surface area contributed by atoms with Gasteiger partial charge in [0.2, 0.25) is 0 Å². The number of nitrogens with zero attached hydrogens (tertiary/aromatic N) is 1. The van der Waals surface area contributed by atoms with Crippen LogP contribution in [0.3, 0.4) is 0 Å². The number of hydrogen-bond donors (Lipinski definition) is 0. The van der Waals surface area contributed by atoms with Gasteiger partial charge in [0, 0.05) is 6.08 Å². The summed E-state index contributed by atoms with van der Waals surface area (Å²) in [5.74, 6) is 0.0763. The predicted octanol–water partition coefficient (Wildman–Crippen LogP) is 1.92. The molecule has 0 radical (unpaired) electrons. The van der Waals surface area contributed by atoms with Gasteiger partial charge in [0.25, 0.3) is 0 Å². The molecule has 0 saturated heterocycles. The van der Waals surface area contributed by atoms with E-state index in [0.717, 1.165) is 17.4 Å². The zero-order valence-electron chi connectivity index (χ0n) is 10.9. The number of rotatable bonds is 5. The van der Waals surface area contributed by atoms with Crippen LogP contribution in [0.15, 0.2) is 36.5 Å². The van der Waals surface area contributed by atoms with Crippen molar-refractivity contribution in [2.75, 3.05) is 34.3 Å². The van der Waals surface area contributed by atoms with Crippen LogP contribution < -0.4 is 0 Å². The van der Waals surface area contributed by atoms with Crippen molar-refractivity contribution in [3.63, 3.8) is 0 Å². The molecular weight excluding hydrogens is 214 g/mol. The molecule has 0 aliphatic heterocycles. The highest BCUT2D eigenvalue weighted by Crippen LogP contribution is 2.12. The fourth-order valence-electron chi connectivity index (χ4n) is 1.41. The molecular formula is C14H22NO2+. The molecule has 1 aliphatic carbocycles. The Morgan fingerprint density at radius 2 is 2.18 bits per heavy atom. The molecule has 1 rings (SSSR count). The van der Waals surface area contributed by atoms with E-state index in [-0.39, 0.29) is 5.97 Å². The Hall–Kier alpha value is -1.35. The Kier molecular flexibility index (Phi) is 5.16. The van der Waals surface area contributed by atoms with Gasteiger partial charge < -0.3 is 9.22 Å². The highest BCUT2D eigenvalue weighted by atomic mass is 16.5. The molecule has 0 amide bonds. The van der Waals surface area contributed by atoms with Gasteiger partial charge in [-0.25, -0.2) is 4.79 Å². The maximum Gasteiger partial charge on any atom is 0.330 e. The summed E-state index contributed by atoms with van der Waals surface area (Å²) in [5.41, 5.74) is 0. The summed E-state index contributed by atoms with van der Waals surface area (Å²) in [4.78, 5) is 11.4. The van der Waals surface area contributed by atoms with E-state index in [1.165, 1.54) is 6.08 Å². The molecule has 0 N–H and O–H groups in total. The molecule has 17 heavy (non-hydrogen) atoms. The number of ether oxygens (including phenoxy) is 1. The summed E-state index contributed by atoms with van der Waals surface area (Å²) in [6.45, 7) is 1.29. The van der Waals surface area contributed by atoms with Gasteiger partial charge in [-0.1, -0.05) is 30.4 Å². The number of quaternary nitrogens is 1. The number of hydrogen-bond acceptors (Lipinski definition) is 2. The third-order valence-electron chi connectivity index (χ3n) is 2.50. The van der Waals surface area contributed by atoms with Crippen molar-refractivity contribution in [1.29, 1.82) is 0 Å². The number of carbonyl (C=O) groups excluding carboxylic acids is 1. The average Bonchev–Trinajstić information content (AvgIpc) is 2.26. The molecule has 0 spiro atoms. The SMILES string of the molecule is C[N+](C)(C)CCOC(=O)/C=C/C1C=CC=CC1. The maximum absolute atomic E-state index is 11.4. The molecule has 0 fully saturated rings. The van der Waals surface area contributed by atoms with Gasteiger partial charge in [0.15, 0.2) is 0 Å². The fraction of sp³-hybridized carbons (Fsp3) is 0.500. The Morgan fingerprint density at radius 1 is 1.41 bits per heavy atom. The van der Waals surface area contributed by atoms with E-state index in [0.29, 0.717) is 12.5 Å². The molecule has 3 nitrogen and oxygen atoms in total. The van der Waals surface area contributed by atoms with Crippen LogP contribution in [0.4, 0.5) is 0 Å². The number of allylic oxidation sites excluding steroid dienone is 5. The van der Waals surface area contributed by atoms with E-state index >= 15 is 0 Å². The summed E-state index contributed by atoms with van der Waals surface area (Å²) in [7, 11) is 6.22. The molecule has 0 bridgehead atoms. The molecule has 1 aliphatic rings. The Labute approximate surface area is 104 Å². The third kappa shape index (κ3) is 6.74. The first kappa shape index (κ1) is 13.7. The molecule has 3 heteroatoms. The van der Waals surface area contributed by atoms with Crippen LogP contribution in [-0.4, -0.2) is 44.7 Å². The highest BCUT2D eigenvalue weighted by Gasteiger charge is 2.08. The van der Waals surface area contributed by atoms with E-state index in [4.69, 9.17) is 4.74 Å². The van der Waals surface area contributed by atoms with Crippen LogP contribution in [0.5, 0.6) is 0 Å². The molecule has 0 aromatic carbocycles. The van der Waals surface area contributed by atoms with Crippen molar-refractivity contribution < 1.29 is 14.0 Å². The second-order valence-electron chi connectivity index (χ2n) is 5.25. The fourth-order valence-corrected chi connectivity index (χ4v) is 1.41. The largest absolute Gasteiger partial charge is 0.457 e. The quantitative estimate of drug-likeness (QED) is 0.414. The lowest BCUT2D eigenvalue weighted by Crippen LogP contribution is -2.37. The number of likely N-dealkylation sites (N-methyl/N-ethyl adjacent to an activating group) is 1. The van der Waals surface area contributed by atoms with Crippen molar-refractivity contribution >= 4 is 5.97 Å². The molecule has 0 aromatic rings. The van der Waals surface area contributed by atoms with Gasteiger partial charge in [-0.2, -0.15) is 0 Å². The lowest BCUT2D eigenvalue weighted by Gasteiger charge is -2.23. The highest BCUT2D eigenvalue weighted by molar-refractivity contribution is 5.81.